The molecular weight excluding hydrogens is 260 g/mol. The van der Waals surface area contributed by atoms with Crippen LogP contribution in [0.3, 0.4) is 0 Å². The molecular formula is C14H16N2O2S. The van der Waals surface area contributed by atoms with Gasteiger partial charge in [0, 0.05) is 42.0 Å². The molecule has 0 aliphatic carbocycles. The van der Waals surface area contributed by atoms with Gasteiger partial charge in [-0.15, -0.1) is 0 Å². The van der Waals surface area contributed by atoms with Gasteiger partial charge >= 0.3 is 0 Å². The van der Waals surface area contributed by atoms with Crippen molar-refractivity contribution in [3.8, 4) is 11.8 Å². The van der Waals surface area contributed by atoms with Crippen molar-refractivity contribution in [1.29, 1.82) is 0 Å². The Balaban J connectivity index is 2.18. The quantitative estimate of drug-likeness (QED) is 0.778. The summed E-state index contributed by atoms with van der Waals surface area (Å²) in [5.41, 5.74) is 1.21. The highest BCUT2D eigenvalue weighted by molar-refractivity contribution is 7.99. The fraction of sp³-hybridized carbons (Fsp3) is 0.429. The minimum absolute atomic E-state index is 0.00736. The second-order valence-corrected chi connectivity index (χ2v) is 5.49. The van der Waals surface area contributed by atoms with Gasteiger partial charge < -0.3 is 10.0 Å². The number of aromatic nitrogens is 1. The highest BCUT2D eigenvalue weighted by Crippen LogP contribution is 2.18. The van der Waals surface area contributed by atoms with Gasteiger partial charge in [0.15, 0.2) is 0 Å². The van der Waals surface area contributed by atoms with E-state index in [-0.39, 0.29) is 18.6 Å². The Morgan fingerprint density at radius 3 is 3.21 bits per heavy atom. The van der Waals surface area contributed by atoms with Gasteiger partial charge in [0.1, 0.15) is 6.61 Å². The van der Waals surface area contributed by atoms with Crippen molar-refractivity contribution in [3.05, 3.63) is 29.6 Å². The molecule has 19 heavy (non-hydrogen) atoms. The maximum atomic E-state index is 12.4. The summed E-state index contributed by atoms with van der Waals surface area (Å²) in [5, 5.41) is 8.67. The number of aliphatic hydroxyl groups excluding tert-OH is 1. The van der Waals surface area contributed by atoms with E-state index in [9.17, 15) is 4.79 Å². The summed E-state index contributed by atoms with van der Waals surface area (Å²) >= 11 is 1.87. The number of pyridine rings is 1. The van der Waals surface area contributed by atoms with Gasteiger partial charge in [-0.05, 0) is 13.0 Å². The Morgan fingerprint density at radius 1 is 1.63 bits per heavy atom. The summed E-state index contributed by atoms with van der Waals surface area (Å²) in [6.45, 7) is 2.64. The van der Waals surface area contributed by atoms with E-state index in [0.29, 0.717) is 11.1 Å². The molecule has 1 aromatic heterocycles. The lowest BCUT2D eigenvalue weighted by molar-refractivity contribution is 0.0715. The van der Waals surface area contributed by atoms with Crippen molar-refractivity contribution < 1.29 is 9.90 Å². The molecule has 0 saturated carbocycles. The molecule has 1 fully saturated rings. The zero-order valence-electron chi connectivity index (χ0n) is 10.8. The molecule has 0 bridgehead atoms. The molecule has 1 unspecified atom stereocenters. The Kier molecular flexibility index (Phi) is 4.83. The van der Waals surface area contributed by atoms with Gasteiger partial charge in [-0.3, -0.25) is 9.78 Å². The zero-order valence-corrected chi connectivity index (χ0v) is 11.6. The molecule has 4 nitrogen and oxygen atoms in total. The maximum Gasteiger partial charge on any atom is 0.255 e. The van der Waals surface area contributed by atoms with Gasteiger partial charge in [-0.2, -0.15) is 11.8 Å². The predicted molar refractivity (Wildman–Crippen MR) is 76.0 cm³/mol. The molecule has 1 saturated heterocycles. The highest BCUT2D eigenvalue weighted by atomic mass is 32.2. The summed E-state index contributed by atoms with van der Waals surface area (Å²) in [5.74, 6) is 7.29. The minimum atomic E-state index is -0.196. The molecule has 0 aromatic carbocycles. The minimum Gasteiger partial charge on any atom is -0.384 e. The van der Waals surface area contributed by atoms with E-state index in [4.69, 9.17) is 5.11 Å². The summed E-state index contributed by atoms with van der Waals surface area (Å²) < 4.78 is 0. The summed E-state index contributed by atoms with van der Waals surface area (Å²) in [4.78, 5) is 18.3. The number of aliphatic hydroxyl groups is 1. The maximum absolute atomic E-state index is 12.4. The van der Waals surface area contributed by atoms with Gasteiger partial charge in [-0.25, -0.2) is 0 Å². The van der Waals surface area contributed by atoms with Crippen LogP contribution in [0.5, 0.6) is 0 Å². The van der Waals surface area contributed by atoms with Crippen LogP contribution in [0.2, 0.25) is 0 Å². The largest absolute Gasteiger partial charge is 0.384 e. The van der Waals surface area contributed by atoms with E-state index in [1.54, 1.807) is 18.5 Å². The van der Waals surface area contributed by atoms with Crippen LogP contribution in [0.15, 0.2) is 18.5 Å². The fourth-order valence-corrected chi connectivity index (χ4v) is 2.98. The molecule has 0 spiro atoms. The molecule has 1 amide bonds. The third-order valence-electron chi connectivity index (χ3n) is 2.93. The molecule has 1 aliphatic rings. The summed E-state index contributed by atoms with van der Waals surface area (Å²) in [7, 11) is 0. The Bertz CT molecular complexity index is 522. The van der Waals surface area contributed by atoms with Gasteiger partial charge in [0.2, 0.25) is 0 Å². The van der Waals surface area contributed by atoms with E-state index in [0.717, 1.165) is 18.1 Å². The first-order valence-electron chi connectivity index (χ1n) is 6.16. The van der Waals surface area contributed by atoms with Crippen LogP contribution in [0.1, 0.15) is 22.8 Å². The van der Waals surface area contributed by atoms with Gasteiger partial charge in [-0.1, -0.05) is 11.8 Å². The Hall–Kier alpha value is -1.51. The third-order valence-corrected chi connectivity index (χ3v) is 4.11. The second-order valence-electron chi connectivity index (χ2n) is 4.34. The SMILES string of the molecule is CC1CSCCN1C(=O)c1cncc(C#CCO)c1. The molecule has 1 atom stereocenters. The van der Waals surface area contributed by atoms with Gasteiger partial charge in [0.05, 0.1) is 5.56 Å². The highest BCUT2D eigenvalue weighted by Gasteiger charge is 2.24. The number of nitrogens with zero attached hydrogens (tertiary/aromatic N) is 2. The van der Waals surface area contributed by atoms with Crippen LogP contribution in [-0.2, 0) is 0 Å². The van der Waals surface area contributed by atoms with E-state index in [2.05, 4.69) is 23.7 Å². The molecule has 1 aromatic rings. The zero-order chi connectivity index (χ0) is 13.7. The van der Waals surface area contributed by atoms with Crippen molar-refractivity contribution in [1.82, 2.24) is 9.88 Å². The topological polar surface area (TPSA) is 53.4 Å². The van der Waals surface area contributed by atoms with Crippen LogP contribution in [0.4, 0.5) is 0 Å². The van der Waals surface area contributed by atoms with Crippen molar-refractivity contribution in [3.63, 3.8) is 0 Å². The number of rotatable bonds is 1. The molecule has 5 heteroatoms. The summed E-state index contributed by atoms with van der Waals surface area (Å²) in [6.07, 6.45) is 3.16. The standard InChI is InChI=1S/C14H16N2O2S/c1-11-10-19-6-4-16(11)14(18)13-7-12(3-2-5-17)8-15-9-13/h7-9,11,17H,4-6,10H2,1H3. The first-order valence-corrected chi connectivity index (χ1v) is 7.31. The van der Waals surface area contributed by atoms with E-state index in [1.165, 1.54) is 0 Å². The number of thioether (sulfide) groups is 1. The molecule has 100 valence electrons. The van der Waals surface area contributed by atoms with Crippen molar-refractivity contribution in [2.24, 2.45) is 0 Å². The van der Waals surface area contributed by atoms with E-state index >= 15 is 0 Å². The number of hydrogen-bond donors (Lipinski definition) is 1. The number of carbonyl (C=O) groups excluding carboxylic acids is 1. The van der Waals surface area contributed by atoms with Crippen LogP contribution >= 0.6 is 11.8 Å². The fourth-order valence-electron chi connectivity index (χ4n) is 1.96. The first kappa shape index (κ1) is 13.9. The lowest BCUT2D eigenvalue weighted by Gasteiger charge is -2.33. The van der Waals surface area contributed by atoms with Crippen molar-refractivity contribution in [2.75, 3.05) is 24.7 Å². The number of carbonyl (C=O) groups is 1. The molecule has 0 radical (unpaired) electrons. The Morgan fingerprint density at radius 2 is 2.47 bits per heavy atom. The number of amides is 1. The van der Waals surface area contributed by atoms with E-state index < -0.39 is 0 Å². The van der Waals surface area contributed by atoms with E-state index in [1.807, 2.05) is 16.7 Å². The molecule has 2 rings (SSSR count). The number of hydrogen-bond acceptors (Lipinski definition) is 4. The lowest BCUT2D eigenvalue weighted by atomic mass is 10.1. The van der Waals surface area contributed by atoms with Crippen LogP contribution in [0, 0.1) is 11.8 Å². The molecule has 1 N–H and O–H groups in total. The first-order chi connectivity index (χ1) is 9.22. The van der Waals surface area contributed by atoms with Crippen molar-refractivity contribution >= 4 is 17.7 Å². The third kappa shape index (κ3) is 3.49. The average molecular weight is 276 g/mol. The predicted octanol–water partition coefficient (Wildman–Crippen LogP) is 1.00. The van der Waals surface area contributed by atoms with Crippen LogP contribution < -0.4 is 0 Å². The normalized spacial score (nSPS) is 18.6. The Labute approximate surface area is 117 Å². The van der Waals surface area contributed by atoms with Crippen LogP contribution in [0.25, 0.3) is 0 Å². The van der Waals surface area contributed by atoms with Crippen LogP contribution in [-0.4, -0.2) is 51.6 Å². The smallest absolute Gasteiger partial charge is 0.255 e. The average Bonchev–Trinajstić information content (AvgIpc) is 2.45. The second kappa shape index (κ2) is 6.60. The molecule has 1 aliphatic heterocycles. The monoisotopic (exact) mass is 276 g/mol. The van der Waals surface area contributed by atoms with Crippen molar-refractivity contribution in [2.45, 2.75) is 13.0 Å². The summed E-state index contributed by atoms with van der Waals surface area (Å²) in [6, 6.07) is 1.98. The molecule has 2 heterocycles. The lowest BCUT2D eigenvalue weighted by Crippen LogP contribution is -2.44. The van der Waals surface area contributed by atoms with Gasteiger partial charge in [0.25, 0.3) is 5.91 Å².